The summed E-state index contributed by atoms with van der Waals surface area (Å²) in [7, 11) is 0. The van der Waals surface area contributed by atoms with E-state index in [0.29, 0.717) is 0 Å². The third kappa shape index (κ3) is 9.17. The van der Waals surface area contributed by atoms with Crippen molar-refractivity contribution >= 4 is 52.9 Å². The maximum atomic E-state index is 15.4. The van der Waals surface area contributed by atoms with Crippen LogP contribution in [0.4, 0.5) is 4.39 Å². The van der Waals surface area contributed by atoms with E-state index >= 15 is 4.39 Å². The van der Waals surface area contributed by atoms with Gasteiger partial charge in [-0.15, -0.1) is 0 Å². The number of aromatic nitrogens is 2. The Morgan fingerprint density at radius 2 is 1.98 bits per heavy atom. The van der Waals surface area contributed by atoms with Gasteiger partial charge in [-0.05, 0) is 39.5 Å². The summed E-state index contributed by atoms with van der Waals surface area (Å²) in [5.41, 5.74) is -2.14. The van der Waals surface area contributed by atoms with Crippen LogP contribution < -0.4 is 16.3 Å². The molecule has 12 nitrogen and oxygen atoms in total. The molecule has 1 aromatic rings. The minimum absolute atomic E-state index is 0.0337. The topological polar surface area (TPSA) is 158 Å². The highest BCUT2D eigenvalue weighted by atomic mass is 35.5. The number of esters is 1. The Hall–Kier alpha value is -1.16. The van der Waals surface area contributed by atoms with Crippen molar-refractivity contribution in [3.05, 3.63) is 32.6 Å². The van der Waals surface area contributed by atoms with Gasteiger partial charge in [-0.1, -0.05) is 44.1 Å². The number of thioether (sulfide) groups is 1. The van der Waals surface area contributed by atoms with Crippen LogP contribution >= 0.6 is 30.0 Å². The molecule has 2 heterocycles. The minimum atomic E-state index is -3.52. The van der Waals surface area contributed by atoms with E-state index in [0.717, 1.165) is 22.5 Å². The first-order chi connectivity index (χ1) is 18.3. The lowest BCUT2D eigenvalue weighted by molar-refractivity contribution is -0.149. The van der Waals surface area contributed by atoms with Crippen molar-refractivity contribution in [2.45, 2.75) is 84.2 Å². The molecule has 17 heteroatoms. The van der Waals surface area contributed by atoms with Crippen molar-refractivity contribution in [2.75, 3.05) is 19.0 Å². The average Bonchev–Trinajstić information content (AvgIpc) is 3.05. The predicted molar refractivity (Wildman–Crippen MR) is 153 cm³/mol. The van der Waals surface area contributed by atoms with Crippen LogP contribution in [-0.4, -0.2) is 74.2 Å². The van der Waals surface area contributed by atoms with E-state index in [1.54, 1.807) is 34.6 Å². The van der Waals surface area contributed by atoms with E-state index in [-0.39, 0.29) is 23.0 Å². The number of aromatic amines is 1. The van der Waals surface area contributed by atoms with Crippen LogP contribution in [0.15, 0.2) is 15.8 Å². The number of hydrogen-bond donors (Lipinski definition) is 3. The summed E-state index contributed by atoms with van der Waals surface area (Å²) in [5.74, 6) is -0.388. The first kappa shape index (κ1) is 35.0. The predicted octanol–water partition coefficient (Wildman–Crippen LogP) is 2.50. The highest BCUT2D eigenvalue weighted by molar-refractivity contribution is 8.13. The number of rotatable bonds is 12. The Kier molecular flexibility index (Phi) is 12.2. The summed E-state index contributed by atoms with van der Waals surface area (Å²) >= 11 is 12.6. The fourth-order valence-corrected chi connectivity index (χ4v) is 6.85. The highest BCUT2D eigenvalue weighted by Gasteiger charge is 2.58. The molecular weight excluding hydrogens is 612 g/mol. The van der Waals surface area contributed by atoms with Gasteiger partial charge in [-0.2, -0.15) is 0 Å². The molecule has 0 amide bonds. The molecule has 0 spiro atoms. The zero-order valence-corrected chi connectivity index (χ0v) is 26.5. The number of aryl methyl sites for hydroxylation is 1. The van der Waals surface area contributed by atoms with Crippen LogP contribution in [-0.2, 0) is 39.9 Å². The highest BCUT2D eigenvalue weighted by Crippen LogP contribution is 2.48. The van der Waals surface area contributed by atoms with Crippen LogP contribution in [0.1, 0.15) is 53.3 Å². The molecule has 0 aliphatic carbocycles. The molecule has 1 aliphatic heterocycles. The summed E-state index contributed by atoms with van der Waals surface area (Å²) in [6.45, 7) is 7.49. The summed E-state index contributed by atoms with van der Waals surface area (Å²) in [5, 5.41) is 10.3. The van der Waals surface area contributed by atoms with Gasteiger partial charge in [-0.3, -0.25) is 23.9 Å². The Bertz CT molecular complexity index is 1240. The van der Waals surface area contributed by atoms with Gasteiger partial charge >= 0.3 is 11.7 Å². The van der Waals surface area contributed by atoms with Crippen molar-refractivity contribution in [3.8, 4) is 0 Å². The molecule has 0 bridgehead atoms. The first-order valence-electron chi connectivity index (χ1n) is 12.4. The number of aliphatic hydroxyl groups is 1. The van der Waals surface area contributed by atoms with Crippen LogP contribution in [0.25, 0.3) is 0 Å². The molecule has 0 unspecified atom stereocenters. The Balaban J connectivity index is 2.19. The van der Waals surface area contributed by atoms with E-state index in [9.17, 15) is 24.3 Å². The monoisotopic (exact) mass is 647 g/mol. The maximum Gasteiger partial charge on any atom is 0.330 e. The van der Waals surface area contributed by atoms with E-state index in [4.69, 9.17) is 41.9 Å². The average molecular weight is 648 g/mol. The molecule has 3 N–H and O–H groups in total. The standard InChI is InChI=1S/C23H36ClFN3O9PS2/c1-12(2)36-18(31)14(4)27-38(39,34-8-9-40-20(32)22(5,6)7)35-11-15-16(29)23(24,25)19(37-15)28-10-13(3)17(30)26-21(28)33/h10,12,14-16,19,29H,8-9,11H2,1-7H3,(H,27,39)(H,26,30,33)/t14-,15+,16+,19+,23-,38+/m0/s1. The molecule has 1 aliphatic rings. The Labute approximate surface area is 245 Å². The number of nitrogens with zero attached hydrogens (tertiary/aromatic N) is 1. The molecular formula is C23H36ClFN3O9PS2. The van der Waals surface area contributed by atoms with E-state index in [2.05, 4.69) is 5.09 Å². The number of carbonyl (C=O) groups is 2. The number of carbonyl (C=O) groups excluding carboxylic acids is 2. The van der Waals surface area contributed by atoms with Gasteiger partial charge in [-0.25, -0.2) is 14.3 Å². The lowest BCUT2D eigenvalue weighted by Gasteiger charge is -2.28. The molecule has 228 valence electrons. The second-order valence-electron chi connectivity index (χ2n) is 10.5. The molecule has 0 radical (unpaired) electrons. The van der Waals surface area contributed by atoms with Gasteiger partial charge in [0.05, 0.1) is 19.3 Å². The van der Waals surface area contributed by atoms with Gasteiger partial charge in [0.2, 0.25) is 0 Å². The lowest BCUT2D eigenvalue weighted by atomic mass is 10.00. The summed E-state index contributed by atoms with van der Waals surface area (Å²) in [4.78, 5) is 50.6. The van der Waals surface area contributed by atoms with Crippen LogP contribution in [0.3, 0.4) is 0 Å². The number of H-pyrrole nitrogens is 1. The smallest absolute Gasteiger partial charge is 0.330 e. The van der Waals surface area contributed by atoms with Crippen LogP contribution in [0.2, 0.25) is 0 Å². The van der Waals surface area contributed by atoms with Crippen molar-refractivity contribution in [1.29, 1.82) is 0 Å². The number of aliphatic hydroxyl groups excluding tert-OH is 1. The second-order valence-corrected chi connectivity index (χ2v) is 15.3. The molecule has 1 fully saturated rings. The molecule has 40 heavy (non-hydrogen) atoms. The fourth-order valence-electron chi connectivity index (χ4n) is 3.28. The third-order valence-electron chi connectivity index (χ3n) is 5.43. The summed E-state index contributed by atoms with van der Waals surface area (Å²) < 4.78 is 38.4. The van der Waals surface area contributed by atoms with Crippen molar-refractivity contribution < 1.29 is 37.6 Å². The zero-order valence-electron chi connectivity index (χ0n) is 23.3. The van der Waals surface area contributed by atoms with Crippen molar-refractivity contribution in [3.63, 3.8) is 0 Å². The number of nitrogens with one attached hydrogen (secondary N) is 2. The number of halogens is 2. The molecule has 0 saturated carbocycles. The van der Waals surface area contributed by atoms with Crippen molar-refractivity contribution in [2.24, 2.45) is 5.41 Å². The number of alkyl halides is 2. The number of hydrogen-bond acceptors (Lipinski definition) is 11. The molecule has 6 atom stereocenters. The van der Waals surface area contributed by atoms with Crippen LogP contribution in [0.5, 0.6) is 0 Å². The van der Waals surface area contributed by atoms with E-state index in [1.807, 2.05) is 4.98 Å². The Morgan fingerprint density at radius 3 is 2.55 bits per heavy atom. The Morgan fingerprint density at radius 1 is 1.35 bits per heavy atom. The van der Waals surface area contributed by atoms with Crippen molar-refractivity contribution in [1.82, 2.24) is 14.6 Å². The van der Waals surface area contributed by atoms with Gasteiger partial charge in [0.15, 0.2) is 11.3 Å². The fraction of sp³-hybridized carbons (Fsp3) is 0.739. The second kappa shape index (κ2) is 13.9. The number of ether oxygens (including phenoxy) is 2. The molecule has 0 aromatic carbocycles. The summed E-state index contributed by atoms with van der Waals surface area (Å²) in [6, 6.07) is -0.963. The van der Waals surface area contributed by atoms with Gasteiger partial charge in [0, 0.05) is 22.9 Å². The lowest BCUT2D eigenvalue weighted by Crippen LogP contribution is -2.42. The van der Waals surface area contributed by atoms with E-state index in [1.165, 1.54) is 13.8 Å². The molecule has 1 aromatic heterocycles. The van der Waals surface area contributed by atoms with E-state index < -0.39 is 71.6 Å². The zero-order chi connectivity index (χ0) is 30.6. The minimum Gasteiger partial charge on any atom is -0.462 e. The van der Waals surface area contributed by atoms with Gasteiger partial charge < -0.3 is 23.6 Å². The quantitative estimate of drug-likeness (QED) is 0.132. The van der Waals surface area contributed by atoms with Gasteiger partial charge in [0.1, 0.15) is 18.2 Å². The first-order valence-corrected chi connectivity index (χ1v) is 16.4. The largest absolute Gasteiger partial charge is 0.462 e. The van der Waals surface area contributed by atoms with Gasteiger partial charge in [0.25, 0.3) is 17.3 Å². The molecule has 2 rings (SSSR count). The normalized spacial score (nSPS) is 25.5. The maximum absolute atomic E-state index is 15.4. The summed E-state index contributed by atoms with van der Waals surface area (Å²) in [6.07, 6.45) is -4.55. The SMILES string of the molecule is Cc1cn([C@@H]2O[C@H](CO[P@@](=S)(N[C@@H](C)C(=O)OC(C)C)OCCSC(=O)C(C)(C)C)[C@@H](O)[C@@]2(F)Cl)c(=O)[nH]c1=O. The third-order valence-corrected chi connectivity index (χ3v) is 9.75. The van der Waals surface area contributed by atoms with Crippen LogP contribution in [0, 0.1) is 12.3 Å². The molecule has 1 saturated heterocycles.